The molecule has 3 rings (SSSR count). The van der Waals surface area contributed by atoms with Crippen molar-refractivity contribution in [2.24, 2.45) is 0 Å². The van der Waals surface area contributed by atoms with Gasteiger partial charge in [0, 0.05) is 13.1 Å². The molecule has 1 aliphatic rings. The van der Waals surface area contributed by atoms with Crippen molar-refractivity contribution in [3.8, 4) is 11.5 Å². The minimum absolute atomic E-state index is 0.000190. The van der Waals surface area contributed by atoms with Gasteiger partial charge in [-0.05, 0) is 54.0 Å². The first-order valence-electron chi connectivity index (χ1n) is 8.11. The van der Waals surface area contributed by atoms with Crippen LogP contribution in [-0.4, -0.2) is 50.8 Å². The van der Waals surface area contributed by atoms with Crippen molar-refractivity contribution in [1.82, 2.24) is 25.1 Å². The molecule has 0 saturated carbocycles. The Morgan fingerprint density at radius 2 is 1.88 bits per heavy atom. The number of carbonyl (C=O) groups excluding carboxylic acids is 1. The van der Waals surface area contributed by atoms with E-state index in [1.807, 2.05) is 30.9 Å². The molecule has 0 N–H and O–H groups in total. The number of benzene rings is 1. The molecule has 1 aliphatic heterocycles. The molecule has 2 aromatic rings. The highest BCUT2D eigenvalue weighted by Gasteiger charge is 2.23. The Morgan fingerprint density at radius 1 is 1.17 bits per heavy atom. The molecule has 1 aromatic carbocycles. The molecule has 0 atom stereocenters. The number of aromatic nitrogens is 4. The van der Waals surface area contributed by atoms with E-state index in [9.17, 15) is 4.79 Å². The van der Waals surface area contributed by atoms with Crippen molar-refractivity contribution in [2.75, 3.05) is 19.8 Å². The zero-order chi connectivity index (χ0) is 16.9. The van der Waals surface area contributed by atoms with Gasteiger partial charge in [-0.25, -0.2) is 4.68 Å². The van der Waals surface area contributed by atoms with Crippen LogP contribution in [-0.2, 0) is 24.3 Å². The Hall–Kier alpha value is -2.64. The lowest BCUT2D eigenvalue weighted by Gasteiger charge is -2.29. The van der Waals surface area contributed by atoms with E-state index in [-0.39, 0.29) is 12.5 Å². The third-order valence-electron chi connectivity index (χ3n) is 3.92. The first-order valence-corrected chi connectivity index (χ1v) is 8.11. The van der Waals surface area contributed by atoms with E-state index in [1.165, 1.54) is 16.6 Å². The number of nitrogens with zero attached hydrogens (tertiary/aromatic N) is 5. The Morgan fingerprint density at radius 3 is 2.50 bits per heavy atom. The highest BCUT2D eigenvalue weighted by Crippen LogP contribution is 2.33. The molecule has 0 saturated heterocycles. The molecular formula is C16H21N5O3. The van der Waals surface area contributed by atoms with Crippen molar-refractivity contribution in [2.45, 2.75) is 33.4 Å². The maximum atomic E-state index is 12.4. The van der Waals surface area contributed by atoms with Gasteiger partial charge in [0.2, 0.25) is 5.91 Å². The summed E-state index contributed by atoms with van der Waals surface area (Å²) in [5.74, 6) is 1.50. The van der Waals surface area contributed by atoms with Gasteiger partial charge in [0.05, 0.1) is 13.2 Å². The van der Waals surface area contributed by atoms with E-state index < -0.39 is 0 Å². The molecule has 24 heavy (non-hydrogen) atoms. The summed E-state index contributed by atoms with van der Waals surface area (Å²) in [6.07, 6.45) is 2.24. The van der Waals surface area contributed by atoms with E-state index in [2.05, 4.69) is 15.5 Å². The fourth-order valence-corrected chi connectivity index (χ4v) is 2.80. The third kappa shape index (κ3) is 3.47. The minimum Gasteiger partial charge on any atom is -0.490 e. The standard InChI is InChI=1S/C16H21N5O3/c1-3-23-14-7-12-5-6-20(9-13(12)8-15(14)24-4-2)16(22)10-21-11-17-18-19-21/h7-8,11H,3-6,9-10H2,1-2H3. The van der Waals surface area contributed by atoms with Crippen molar-refractivity contribution in [3.63, 3.8) is 0 Å². The summed E-state index contributed by atoms with van der Waals surface area (Å²) >= 11 is 0. The Labute approximate surface area is 140 Å². The molecule has 0 aliphatic carbocycles. The van der Waals surface area contributed by atoms with Crippen molar-refractivity contribution in [1.29, 1.82) is 0 Å². The Kier molecular flexibility index (Phi) is 4.93. The van der Waals surface area contributed by atoms with Crippen LogP contribution in [0, 0.1) is 0 Å². The van der Waals surface area contributed by atoms with E-state index >= 15 is 0 Å². The lowest BCUT2D eigenvalue weighted by Crippen LogP contribution is -2.38. The predicted octanol–water partition coefficient (Wildman–Crippen LogP) is 1.06. The summed E-state index contributed by atoms with van der Waals surface area (Å²) in [7, 11) is 0. The number of rotatable bonds is 6. The molecule has 2 heterocycles. The number of tetrazole rings is 1. The summed E-state index contributed by atoms with van der Waals surface area (Å²) in [6, 6.07) is 4.02. The molecule has 1 amide bonds. The Balaban J connectivity index is 1.76. The van der Waals surface area contributed by atoms with Crippen LogP contribution >= 0.6 is 0 Å². The predicted molar refractivity (Wildman–Crippen MR) is 85.7 cm³/mol. The van der Waals surface area contributed by atoms with Gasteiger partial charge in [0.25, 0.3) is 0 Å². The zero-order valence-electron chi connectivity index (χ0n) is 13.9. The summed E-state index contributed by atoms with van der Waals surface area (Å²) in [4.78, 5) is 14.2. The van der Waals surface area contributed by atoms with Crippen LogP contribution < -0.4 is 9.47 Å². The number of ether oxygens (including phenoxy) is 2. The van der Waals surface area contributed by atoms with Crippen LogP contribution in [0.3, 0.4) is 0 Å². The zero-order valence-corrected chi connectivity index (χ0v) is 13.9. The number of amides is 1. The fourth-order valence-electron chi connectivity index (χ4n) is 2.80. The molecule has 8 heteroatoms. The molecule has 8 nitrogen and oxygen atoms in total. The first-order chi connectivity index (χ1) is 11.7. The first kappa shape index (κ1) is 16.2. The fraction of sp³-hybridized carbons (Fsp3) is 0.500. The smallest absolute Gasteiger partial charge is 0.244 e. The SMILES string of the molecule is CCOc1cc2c(cc1OCC)CN(C(=O)Cn1cnnn1)CC2. The summed E-state index contributed by atoms with van der Waals surface area (Å²) < 4.78 is 12.8. The summed E-state index contributed by atoms with van der Waals surface area (Å²) in [5.41, 5.74) is 2.30. The van der Waals surface area contributed by atoms with Crippen LogP contribution in [0.25, 0.3) is 0 Å². The average molecular weight is 331 g/mol. The lowest BCUT2D eigenvalue weighted by atomic mass is 9.98. The van der Waals surface area contributed by atoms with Gasteiger partial charge >= 0.3 is 0 Å². The maximum Gasteiger partial charge on any atom is 0.244 e. The number of carbonyl (C=O) groups is 1. The molecule has 0 fully saturated rings. The molecule has 0 radical (unpaired) electrons. The van der Waals surface area contributed by atoms with Gasteiger partial charge < -0.3 is 14.4 Å². The summed E-state index contributed by atoms with van der Waals surface area (Å²) in [5, 5.41) is 10.8. The van der Waals surface area contributed by atoms with Crippen LogP contribution in [0.15, 0.2) is 18.5 Å². The molecular weight excluding hydrogens is 310 g/mol. The molecule has 0 unspecified atom stereocenters. The molecule has 0 spiro atoms. The van der Waals surface area contributed by atoms with Crippen molar-refractivity contribution in [3.05, 3.63) is 29.6 Å². The van der Waals surface area contributed by atoms with Crippen LogP contribution in [0.1, 0.15) is 25.0 Å². The topological polar surface area (TPSA) is 82.4 Å². The van der Waals surface area contributed by atoms with E-state index in [4.69, 9.17) is 9.47 Å². The number of hydrogen-bond acceptors (Lipinski definition) is 6. The molecule has 128 valence electrons. The second-order valence-electron chi connectivity index (χ2n) is 5.51. The summed E-state index contributed by atoms with van der Waals surface area (Å²) in [6.45, 7) is 6.44. The third-order valence-corrected chi connectivity index (χ3v) is 3.92. The van der Waals surface area contributed by atoms with Crippen molar-refractivity contribution >= 4 is 5.91 Å². The normalized spacial score (nSPS) is 13.5. The highest BCUT2D eigenvalue weighted by molar-refractivity contribution is 5.76. The second kappa shape index (κ2) is 7.29. The number of fused-ring (bicyclic) bond motifs is 1. The average Bonchev–Trinajstić information content (AvgIpc) is 3.08. The van der Waals surface area contributed by atoms with Gasteiger partial charge in [-0.15, -0.1) is 5.10 Å². The quantitative estimate of drug-likeness (QED) is 0.787. The van der Waals surface area contributed by atoms with Gasteiger partial charge in [-0.3, -0.25) is 4.79 Å². The van der Waals surface area contributed by atoms with Crippen LogP contribution in [0.5, 0.6) is 11.5 Å². The monoisotopic (exact) mass is 331 g/mol. The Bertz CT molecular complexity index is 702. The number of hydrogen-bond donors (Lipinski definition) is 0. The van der Waals surface area contributed by atoms with Gasteiger partial charge in [0.15, 0.2) is 11.5 Å². The van der Waals surface area contributed by atoms with Crippen molar-refractivity contribution < 1.29 is 14.3 Å². The van der Waals surface area contributed by atoms with E-state index in [0.29, 0.717) is 26.3 Å². The van der Waals surface area contributed by atoms with Gasteiger partial charge in [-0.1, -0.05) is 0 Å². The van der Waals surface area contributed by atoms with E-state index in [1.54, 1.807) is 0 Å². The maximum absolute atomic E-state index is 12.4. The van der Waals surface area contributed by atoms with E-state index in [0.717, 1.165) is 23.5 Å². The minimum atomic E-state index is -0.000190. The van der Waals surface area contributed by atoms with Crippen LogP contribution in [0.2, 0.25) is 0 Å². The van der Waals surface area contributed by atoms with Gasteiger partial charge in [0.1, 0.15) is 12.9 Å². The lowest BCUT2D eigenvalue weighted by molar-refractivity contribution is -0.133. The van der Waals surface area contributed by atoms with Gasteiger partial charge in [-0.2, -0.15) is 0 Å². The largest absolute Gasteiger partial charge is 0.490 e. The van der Waals surface area contributed by atoms with Crippen LogP contribution in [0.4, 0.5) is 0 Å². The molecule has 0 bridgehead atoms. The second-order valence-corrected chi connectivity index (χ2v) is 5.51. The molecule has 1 aromatic heterocycles. The highest BCUT2D eigenvalue weighted by atomic mass is 16.5.